The SMILES string of the molecule is C=CC(=O)NC1CCCCN(S(=O)(=O)c2ccc(C(=O)N3CCC(C(=O)N4CCCC4)CC3)cc2)C1. The van der Waals surface area contributed by atoms with Crippen LogP contribution in [0.1, 0.15) is 55.3 Å². The molecule has 0 spiro atoms. The van der Waals surface area contributed by atoms with Gasteiger partial charge in [-0.05, 0) is 68.9 Å². The number of hydrogen-bond donors (Lipinski definition) is 1. The highest BCUT2D eigenvalue weighted by Gasteiger charge is 2.32. The van der Waals surface area contributed by atoms with Crippen LogP contribution in [0.4, 0.5) is 0 Å². The number of likely N-dealkylation sites (tertiary alicyclic amines) is 2. The van der Waals surface area contributed by atoms with Gasteiger partial charge < -0.3 is 15.1 Å². The minimum atomic E-state index is -3.76. The largest absolute Gasteiger partial charge is 0.349 e. The molecule has 3 aliphatic heterocycles. The Labute approximate surface area is 213 Å². The maximum atomic E-state index is 13.3. The molecular formula is C26H36N4O5S. The lowest BCUT2D eigenvalue weighted by atomic mass is 9.95. The molecule has 9 nitrogen and oxygen atoms in total. The normalized spacial score (nSPS) is 22.2. The maximum absolute atomic E-state index is 13.3. The second-order valence-electron chi connectivity index (χ2n) is 9.89. The van der Waals surface area contributed by atoms with Gasteiger partial charge >= 0.3 is 0 Å². The summed E-state index contributed by atoms with van der Waals surface area (Å²) < 4.78 is 28.0. The molecule has 3 saturated heterocycles. The Kier molecular flexibility index (Phi) is 8.46. The van der Waals surface area contributed by atoms with Gasteiger partial charge in [0.05, 0.1) is 4.90 Å². The van der Waals surface area contributed by atoms with Crippen molar-refractivity contribution in [1.82, 2.24) is 19.4 Å². The van der Waals surface area contributed by atoms with E-state index in [4.69, 9.17) is 0 Å². The van der Waals surface area contributed by atoms with Crippen molar-refractivity contribution in [3.05, 3.63) is 42.5 Å². The van der Waals surface area contributed by atoms with Gasteiger partial charge in [-0.3, -0.25) is 14.4 Å². The maximum Gasteiger partial charge on any atom is 0.253 e. The summed E-state index contributed by atoms with van der Waals surface area (Å²) in [6.07, 6.45) is 6.89. The number of hydrogen-bond acceptors (Lipinski definition) is 5. The molecule has 0 bridgehead atoms. The molecule has 10 heteroatoms. The number of benzene rings is 1. The lowest BCUT2D eigenvalue weighted by molar-refractivity contribution is -0.135. The molecule has 1 N–H and O–H groups in total. The molecule has 1 aromatic rings. The van der Waals surface area contributed by atoms with Crippen molar-refractivity contribution in [3.8, 4) is 0 Å². The number of nitrogens with zero attached hydrogens (tertiary/aromatic N) is 3. The third-order valence-electron chi connectivity index (χ3n) is 7.45. The van der Waals surface area contributed by atoms with Crippen molar-refractivity contribution in [1.29, 1.82) is 0 Å². The van der Waals surface area contributed by atoms with Crippen LogP contribution in [-0.4, -0.2) is 85.6 Å². The highest BCUT2D eigenvalue weighted by atomic mass is 32.2. The zero-order valence-electron chi connectivity index (χ0n) is 20.7. The predicted octanol–water partition coefficient (Wildman–Crippen LogP) is 2.01. The van der Waals surface area contributed by atoms with Crippen molar-refractivity contribution in [3.63, 3.8) is 0 Å². The van der Waals surface area contributed by atoms with Crippen LogP contribution in [0, 0.1) is 5.92 Å². The van der Waals surface area contributed by atoms with Gasteiger partial charge in [-0.25, -0.2) is 8.42 Å². The lowest BCUT2D eigenvalue weighted by Gasteiger charge is -2.33. The van der Waals surface area contributed by atoms with Crippen LogP contribution in [0.25, 0.3) is 0 Å². The molecule has 3 aliphatic rings. The topological polar surface area (TPSA) is 107 Å². The first-order chi connectivity index (χ1) is 17.3. The standard InChI is InChI=1S/C26H36N4O5S/c1-2-24(31)27-22-7-3-4-16-30(19-22)36(34,35)23-10-8-20(9-11-23)25(32)29-17-12-21(13-18-29)26(33)28-14-5-6-15-28/h2,8-11,21-22H,1,3-7,12-19H2,(H,27,31). The van der Waals surface area contributed by atoms with E-state index < -0.39 is 10.0 Å². The highest BCUT2D eigenvalue weighted by Crippen LogP contribution is 2.25. The molecule has 1 aromatic carbocycles. The molecule has 36 heavy (non-hydrogen) atoms. The van der Waals surface area contributed by atoms with Gasteiger partial charge in [-0.2, -0.15) is 4.31 Å². The van der Waals surface area contributed by atoms with Crippen molar-refractivity contribution >= 4 is 27.7 Å². The van der Waals surface area contributed by atoms with Gasteiger partial charge in [0.2, 0.25) is 21.8 Å². The number of amides is 3. The smallest absolute Gasteiger partial charge is 0.253 e. The van der Waals surface area contributed by atoms with Gasteiger partial charge in [0.25, 0.3) is 5.91 Å². The van der Waals surface area contributed by atoms with Gasteiger partial charge in [-0.15, -0.1) is 0 Å². The van der Waals surface area contributed by atoms with E-state index in [1.807, 2.05) is 4.90 Å². The van der Waals surface area contributed by atoms with Crippen LogP contribution in [0.3, 0.4) is 0 Å². The summed E-state index contributed by atoms with van der Waals surface area (Å²) >= 11 is 0. The summed E-state index contributed by atoms with van der Waals surface area (Å²) in [6.45, 7) is 6.77. The van der Waals surface area contributed by atoms with Crippen molar-refractivity contribution < 1.29 is 22.8 Å². The molecule has 0 radical (unpaired) electrons. The van der Waals surface area contributed by atoms with E-state index in [1.165, 1.54) is 22.5 Å². The second-order valence-corrected chi connectivity index (χ2v) is 11.8. The van der Waals surface area contributed by atoms with E-state index in [0.717, 1.165) is 32.4 Å². The van der Waals surface area contributed by atoms with Gasteiger partial charge in [0.15, 0.2) is 0 Å². The molecule has 0 saturated carbocycles. The molecule has 0 aromatic heterocycles. The zero-order chi connectivity index (χ0) is 25.7. The number of piperidine rings is 1. The number of sulfonamides is 1. The number of carbonyl (C=O) groups excluding carboxylic acids is 3. The highest BCUT2D eigenvalue weighted by molar-refractivity contribution is 7.89. The predicted molar refractivity (Wildman–Crippen MR) is 136 cm³/mol. The Morgan fingerprint density at radius 3 is 2.14 bits per heavy atom. The average molecular weight is 517 g/mol. The van der Waals surface area contributed by atoms with Crippen LogP contribution in [0.2, 0.25) is 0 Å². The molecule has 1 atom stereocenters. The monoisotopic (exact) mass is 516 g/mol. The molecule has 196 valence electrons. The van der Waals surface area contributed by atoms with E-state index >= 15 is 0 Å². The Hall–Kier alpha value is -2.72. The fourth-order valence-corrected chi connectivity index (χ4v) is 6.85. The van der Waals surface area contributed by atoms with Crippen LogP contribution < -0.4 is 5.32 Å². The van der Waals surface area contributed by atoms with E-state index in [0.29, 0.717) is 50.9 Å². The van der Waals surface area contributed by atoms with E-state index in [2.05, 4.69) is 11.9 Å². The average Bonchev–Trinajstić information content (AvgIpc) is 3.34. The summed E-state index contributed by atoms with van der Waals surface area (Å²) in [4.78, 5) is 41.2. The number of nitrogens with one attached hydrogen (secondary N) is 1. The molecule has 3 heterocycles. The quantitative estimate of drug-likeness (QED) is 0.582. The van der Waals surface area contributed by atoms with Crippen molar-refractivity contribution in [2.75, 3.05) is 39.3 Å². The summed E-state index contributed by atoms with van der Waals surface area (Å²) in [5, 5.41) is 2.81. The lowest BCUT2D eigenvalue weighted by Crippen LogP contribution is -2.44. The Morgan fingerprint density at radius 1 is 0.861 bits per heavy atom. The van der Waals surface area contributed by atoms with E-state index in [9.17, 15) is 22.8 Å². The van der Waals surface area contributed by atoms with E-state index in [1.54, 1.807) is 17.0 Å². The first kappa shape index (κ1) is 26.3. The first-order valence-corrected chi connectivity index (χ1v) is 14.3. The Morgan fingerprint density at radius 2 is 1.50 bits per heavy atom. The zero-order valence-corrected chi connectivity index (χ0v) is 21.5. The van der Waals surface area contributed by atoms with Gasteiger partial charge in [0.1, 0.15) is 0 Å². The Balaban J connectivity index is 1.36. The van der Waals surface area contributed by atoms with Crippen LogP contribution in [-0.2, 0) is 19.6 Å². The van der Waals surface area contributed by atoms with Crippen molar-refractivity contribution in [2.24, 2.45) is 5.92 Å². The number of carbonyl (C=O) groups is 3. The van der Waals surface area contributed by atoms with Crippen LogP contribution in [0.5, 0.6) is 0 Å². The van der Waals surface area contributed by atoms with Gasteiger partial charge in [0, 0.05) is 56.8 Å². The van der Waals surface area contributed by atoms with Crippen molar-refractivity contribution in [2.45, 2.75) is 55.9 Å². The van der Waals surface area contributed by atoms with Crippen LogP contribution in [0.15, 0.2) is 41.8 Å². The molecule has 3 fully saturated rings. The minimum Gasteiger partial charge on any atom is -0.349 e. The summed E-state index contributed by atoms with van der Waals surface area (Å²) in [5.74, 6) is -0.262. The molecule has 0 aliphatic carbocycles. The Bertz CT molecular complexity index is 1070. The summed E-state index contributed by atoms with van der Waals surface area (Å²) in [7, 11) is -3.76. The molecule has 4 rings (SSSR count). The fourth-order valence-electron chi connectivity index (χ4n) is 5.33. The second kappa shape index (κ2) is 11.6. The molecular weight excluding hydrogens is 480 g/mol. The van der Waals surface area contributed by atoms with Crippen LogP contribution >= 0.6 is 0 Å². The first-order valence-electron chi connectivity index (χ1n) is 12.9. The minimum absolute atomic E-state index is 0.0200. The summed E-state index contributed by atoms with van der Waals surface area (Å²) in [6, 6.07) is 5.81. The molecule has 3 amide bonds. The molecule has 1 unspecified atom stereocenters. The van der Waals surface area contributed by atoms with E-state index in [-0.39, 0.29) is 41.1 Å². The fraction of sp³-hybridized carbons (Fsp3) is 0.577. The third kappa shape index (κ3) is 5.98. The third-order valence-corrected chi connectivity index (χ3v) is 9.33. The van der Waals surface area contributed by atoms with Gasteiger partial charge in [-0.1, -0.05) is 13.0 Å². The summed E-state index contributed by atoms with van der Waals surface area (Å²) in [5.41, 5.74) is 0.435. The number of rotatable bonds is 6.